The highest BCUT2D eigenvalue weighted by molar-refractivity contribution is 8.15. The fourth-order valence-electron chi connectivity index (χ4n) is 1.02. The van der Waals surface area contributed by atoms with Crippen LogP contribution in [0.15, 0.2) is 0 Å². The first-order chi connectivity index (χ1) is 4.46. The van der Waals surface area contributed by atoms with Crippen LogP contribution < -0.4 is 0 Å². The molecule has 0 unspecified atom stereocenters. The minimum Gasteiger partial charge on any atom is -0.376 e. The van der Waals surface area contributed by atoms with E-state index in [1.807, 2.05) is 0 Å². The average Bonchev–Trinajstić information content (AvgIpc) is 2.13. The van der Waals surface area contributed by atoms with Crippen molar-refractivity contribution in [3.63, 3.8) is 0 Å². The summed E-state index contributed by atoms with van der Waals surface area (Å²) in [5, 5.41) is 0.318. The maximum absolute atomic E-state index is 5.59. The van der Waals surface area contributed by atoms with Crippen molar-refractivity contribution in [3.8, 4) is 0 Å². The number of hydrogen-bond acceptors (Lipinski definition) is 2. The van der Waals surface area contributed by atoms with E-state index in [0.717, 1.165) is 19.1 Å². The van der Waals surface area contributed by atoms with Gasteiger partial charge in [0.05, 0.1) is 13.0 Å². The van der Waals surface area contributed by atoms with E-state index in [9.17, 15) is 0 Å². The molecular formula is C7H15OPS. The first-order valence-electron chi connectivity index (χ1n) is 3.62. The average molecular weight is 178 g/mol. The molecule has 1 rings (SSSR count). The van der Waals surface area contributed by atoms with Crippen LogP contribution in [0.5, 0.6) is 0 Å². The quantitative estimate of drug-likeness (QED) is 0.526. The third kappa shape index (κ3) is 1.44. The largest absolute Gasteiger partial charge is 0.376 e. The molecule has 0 amide bonds. The van der Waals surface area contributed by atoms with Crippen LogP contribution in [-0.2, 0) is 16.5 Å². The van der Waals surface area contributed by atoms with E-state index in [-0.39, 0.29) is 0 Å². The summed E-state index contributed by atoms with van der Waals surface area (Å²) >= 11 is 5.59. The van der Waals surface area contributed by atoms with Gasteiger partial charge in [0.25, 0.3) is 0 Å². The van der Waals surface area contributed by atoms with Gasteiger partial charge in [-0.15, -0.1) is 0 Å². The molecule has 1 saturated heterocycles. The Bertz CT molecular complexity index is 161. The Labute approximate surface area is 68.2 Å². The molecule has 1 aliphatic heterocycles. The predicted molar refractivity (Wildman–Crippen MR) is 49.7 cm³/mol. The van der Waals surface area contributed by atoms with Gasteiger partial charge in [-0.1, -0.05) is 32.6 Å². The topological polar surface area (TPSA) is 9.23 Å². The predicted octanol–water partition coefficient (Wildman–Crippen LogP) is 2.25. The summed E-state index contributed by atoms with van der Waals surface area (Å²) in [6, 6.07) is -1.14. The number of ether oxygens (including phenoxy) is 1. The van der Waals surface area contributed by atoms with Crippen LogP contribution in [-0.4, -0.2) is 24.3 Å². The summed E-state index contributed by atoms with van der Waals surface area (Å²) in [5.74, 6) is 0. The molecule has 0 radical (unpaired) electrons. The molecule has 1 heterocycles. The molecule has 1 atom stereocenters. The van der Waals surface area contributed by atoms with Crippen molar-refractivity contribution in [2.75, 3.05) is 19.1 Å². The van der Waals surface area contributed by atoms with Gasteiger partial charge >= 0.3 is 0 Å². The molecule has 0 N–H and O–H groups in total. The van der Waals surface area contributed by atoms with Crippen molar-refractivity contribution in [3.05, 3.63) is 0 Å². The SMILES string of the molecule is CC(C)(C)[P@@]1(=S)CCOC1. The molecule has 1 aliphatic rings. The van der Waals surface area contributed by atoms with Gasteiger partial charge in [-0.2, -0.15) is 0 Å². The summed E-state index contributed by atoms with van der Waals surface area (Å²) in [7, 11) is 0. The molecule has 0 aromatic heterocycles. The first kappa shape index (κ1) is 8.70. The Kier molecular flexibility index (Phi) is 2.25. The van der Waals surface area contributed by atoms with E-state index < -0.39 is 6.04 Å². The van der Waals surface area contributed by atoms with Gasteiger partial charge in [0.2, 0.25) is 0 Å². The maximum atomic E-state index is 5.59. The van der Waals surface area contributed by atoms with Gasteiger partial charge in [0, 0.05) is 6.16 Å². The van der Waals surface area contributed by atoms with Crippen LogP contribution in [0.25, 0.3) is 0 Å². The van der Waals surface area contributed by atoms with Crippen LogP contribution >= 0.6 is 6.04 Å². The van der Waals surface area contributed by atoms with Gasteiger partial charge < -0.3 is 4.74 Å². The van der Waals surface area contributed by atoms with Crippen LogP contribution in [0.3, 0.4) is 0 Å². The molecule has 0 aliphatic carbocycles. The lowest BCUT2D eigenvalue weighted by Gasteiger charge is -2.29. The van der Waals surface area contributed by atoms with Gasteiger partial charge in [0.1, 0.15) is 0 Å². The second-order valence-electron chi connectivity index (χ2n) is 3.82. The van der Waals surface area contributed by atoms with Crippen LogP contribution in [0, 0.1) is 0 Å². The van der Waals surface area contributed by atoms with Crippen molar-refractivity contribution in [1.29, 1.82) is 0 Å². The summed E-state index contributed by atoms with van der Waals surface area (Å²) in [6.07, 6.45) is 2.01. The molecule has 0 bridgehead atoms. The second kappa shape index (κ2) is 2.58. The van der Waals surface area contributed by atoms with Crippen molar-refractivity contribution < 1.29 is 4.74 Å². The van der Waals surface area contributed by atoms with E-state index in [1.54, 1.807) is 0 Å². The lowest BCUT2D eigenvalue weighted by Crippen LogP contribution is -2.15. The van der Waals surface area contributed by atoms with Gasteiger partial charge in [0.15, 0.2) is 0 Å². The van der Waals surface area contributed by atoms with E-state index in [0.29, 0.717) is 5.16 Å². The minimum absolute atomic E-state index is 0.318. The number of rotatable bonds is 0. The smallest absolute Gasteiger partial charge is 0.0758 e. The van der Waals surface area contributed by atoms with Crippen LogP contribution in [0.2, 0.25) is 0 Å². The number of hydrogen-bond donors (Lipinski definition) is 0. The van der Waals surface area contributed by atoms with Crippen molar-refractivity contribution >= 4 is 17.8 Å². The highest BCUT2D eigenvalue weighted by Crippen LogP contribution is 2.60. The Morgan fingerprint density at radius 2 is 2.00 bits per heavy atom. The Morgan fingerprint density at radius 3 is 2.20 bits per heavy atom. The molecule has 0 aromatic carbocycles. The minimum atomic E-state index is -1.14. The Hall–Kier alpha value is 0.610. The molecular weight excluding hydrogens is 163 g/mol. The van der Waals surface area contributed by atoms with E-state index in [2.05, 4.69) is 20.8 Å². The van der Waals surface area contributed by atoms with Crippen molar-refractivity contribution in [2.24, 2.45) is 0 Å². The zero-order valence-electron chi connectivity index (χ0n) is 6.89. The summed E-state index contributed by atoms with van der Waals surface area (Å²) in [4.78, 5) is 0. The molecule has 3 heteroatoms. The zero-order chi connectivity index (χ0) is 7.83. The molecule has 1 nitrogen and oxygen atoms in total. The monoisotopic (exact) mass is 178 g/mol. The highest BCUT2D eigenvalue weighted by Gasteiger charge is 2.34. The Morgan fingerprint density at radius 1 is 1.40 bits per heavy atom. The first-order valence-corrected chi connectivity index (χ1v) is 6.79. The lowest BCUT2D eigenvalue weighted by atomic mass is 10.3. The maximum Gasteiger partial charge on any atom is 0.0758 e. The van der Waals surface area contributed by atoms with Crippen LogP contribution in [0.1, 0.15) is 20.8 Å². The molecule has 0 spiro atoms. The van der Waals surface area contributed by atoms with E-state index in [4.69, 9.17) is 16.5 Å². The van der Waals surface area contributed by atoms with Gasteiger partial charge in [-0.05, 0) is 11.2 Å². The standard InChI is InChI=1S/C7H15OPS/c1-7(2,3)9(10)5-4-8-6-9/h4-6H2,1-3H3/t9-/m1/s1. The van der Waals surface area contributed by atoms with E-state index in [1.165, 1.54) is 0 Å². The lowest BCUT2D eigenvalue weighted by molar-refractivity contribution is 0.216. The molecule has 0 aromatic rings. The third-order valence-electron chi connectivity index (χ3n) is 2.12. The van der Waals surface area contributed by atoms with Crippen LogP contribution in [0.4, 0.5) is 0 Å². The summed E-state index contributed by atoms with van der Waals surface area (Å²) in [5.41, 5.74) is 0. The zero-order valence-corrected chi connectivity index (χ0v) is 8.60. The molecule has 60 valence electrons. The fourth-order valence-corrected chi connectivity index (χ4v) is 3.50. The second-order valence-corrected chi connectivity index (χ2v) is 9.74. The normalized spacial score (nSPS) is 34.7. The molecule has 0 saturated carbocycles. The van der Waals surface area contributed by atoms with Crippen molar-refractivity contribution in [2.45, 2.75) is 25.9 Å². The van der Waals surface area contributed by atoms with E-state index >= 15 is 0 Å². The van der Waals surface area contributed by atoms with Gasteiger partial charge in [-0.3, -0.25) is 0 Å². The third-order valence-corrected chi connectivity index (χ3v) is 8.58. The van der Waals surface area contributed by atoms with Crippen molar-refractivity contribution in [1.82, 2.24) is 0 Å². The highest BCUT2D eigenvalue weighted by atomic mass is 32.4. The molecule has 1 fully saturated rings. The fraction of sp³-hybridized carbons (Fsp3) is 1.00. The van der Waals surface area contributed by atoms with Gasteiger partial charge in [-0.25, -0.2) is 0 Å². The molecule has 10 heavy (non-hydrogen) atoms. The summed E-state index contributed by atoms with van der Waals surface area (Å²) in [6.45, 7) is 7.61. The summed E-state index contributed by atoms with van der Waals surface area (Å²) < 4.78 is 5.33. The Balaban J connectivity index is 2.78.